The second-order valence-corrected chi connectivity index (χ2v) is 8.38. The van der Waals surface area contributed by atoms with Gasteiger partial charge in [-0.05, 0) is 24.6 Å². The molecule has 3 aromatic rings. The smallest absolute Gasteiger partial charge is 0.210 e. The van der Waals surface area contributed by atoms with Crippen molar-refractivity contribution in [2.45, 2.75) is 17.7 Å². The summed E-state index contributed by atoms with van der Waals surface area (Å²) in [5, 5.41) is 0. The van der Waals surface area contributed by atoms with Crippen molar-refractivity contribution >= 4 is 10.0 Å². The summed E-state index contributed by atoms with van der Waals surface area (Å²) in [4.78, 5) is -0.0997. The van der Waals surface area contributed by atoms with Crippen LogP contribution in [0.25, 0.3) is 0 Å². The summed E-state index contributed by atoms with van der Waals surface area (Å²) in [5.41, 5.74) is -0.117. The van der Waals surface area contributed by atoms with Crippen molar-refractivity contribution in [3.05, 3.63) is 100 Å². The standard InChI is InChI=1S/C21H16F5NO2S/c1-12-7-9-14(10-8-12)30(28,29)27-11-15(13-5-3-2-4-6-13)16-17(22)19(24)21(26)20(25)18(16)23/h2-10,15,27H,11H2,1H3/t15-/m0/s1. The summed E-state index contributed by atoms with van der Waals surface area (Å²) >= 11 is 0. The van der Waals surface area contributed by atoms with Crippen molar-refractivity contribution in [2.75, 3.05) is 6.54 Å². The third-order valence-electron chi connectivity index (χ3n) is 4.60. The zero-order valence-electron chi connectivity index (χ0n) is 15.6. The van der Waals surface area contributed by atoms with Gasteiger partial charge in [0.25, 0.3) is 0 Å². The summed E-state index contributed by atoms with van der Waals surface area (Å²) < 4.78 is 97.1. The van der Waals surface area contributed by atoms with E-state index in [0.717, 1.165) is 5.56 Å². The molecule has 3 rings (SSSR count). The third-order valence-corrected chi connectivity index (χ3v) is 6.04. The Bertz CT molecular complexity index is 1140. The molecule has 158 valence electrons. The number of hydrogen-bond acceptors (Lipinski definition) is 2. The van der Waals surface area contributed by atoms with E-state index in [0.29, 0.717) is 0 Å². The first-order valence-corrected chi connectivity index (χ1v) is 10.2. The molecule has 0 saturated heterocycles. The van der Waals surface area contributed by atoms with Crippen molar-refractivity contribution in [1.29, 1.82) is 0 Å². The topological polar surface area (TPSA) is 46.2 Å². The number of rotatable bonds is 6. The van der Waals surface area contributed by atoms with Crippen LogP contribution in [0.5, 0.6) is 0 Å². The van der Waals surface area contributed by atoms with Gasteiger partial charge in [0.05, 0.1) is 4.90 Å². The van der Waals surface area contributed by atoms with Crippen LogP contribution in [0.2, 0.25) is 0 Å². The van der Waals surface area contributed by atoms with Crippen LogP contribution in [0.1, 0.15) is 22.6 Å². The molecule has 0 aromatic heterocycles. The van der Waals surface area contributed by atoms with Gasteiger partial charge in [-0.15, -0.1) is 0 Å². The van der Waals surface area contributed by atoms with Gasteiger partial charge in [-0.3, -0.25) is 0 Å². The highest BCUT2D eigenvalue weighted by Crippen LogP contribution is 2.33. The molecule has 0 spiro atoms. The van der Waals surface area contributed by atoms with Crippen molar-refractivity contribution in [3.8, 4) is 0 Å². The molecule has 0 unspecified atom stereocenters. The van der Waals surface area contributed by atoms with Gasteiger partial charge in [0.2, 0.25) is 15.8 Å². The summed E-state index contributed by atoms with van der Waals surface area (Å²) in [6.07, 6.45) is 0. The Hall–Kier alpha value is -2.78. The first-order valence-electron chi connectivity index (χ1n) is 8.76. The molecule has 1 N–H and O–H groups in total. The highest BCUT2D eigenvalue weighted by Gasteiger charge is 2.32. The lowest BCUT2D eigenvalue weighted by atomic mass is 9.90. The second kappa shape index (κ2) is 8.53. The lowest BCUT2D eigenvalue weighted by molar-refractivity contribution is 0.366. The average Bonchev–Trinajstić information content (AvgIpc) is 2.74. The monoisotopic (exact) mass is 441 g/mol. The molecule has 30 heavy (non-hydrogen) atoms. The molecule has 0 fully saturated rings. The predicted molar refractivity (Wildman–Crippen MR) is 101 cm³/mol. The van der Waals surface area contributed by atoms with E-state index in [9.17, 15) is 30.4 Å². The maximum atomic E-state index is 14.4. The van der Waals surface area contributed by atoms with Gasteiger partial charge in [-0.1, -0.05) is 48.0 Å². The molecule has 0 bridgehead atoms. The molecule has 0 heterocycles. The maximum Gasteiger partial charge on any atom is 0.240 e. The molecular weight excluding hydrogens is 425 g/mol. The van der Waals surface area contributed by atoms with Gasteiger partial charge in [-0.2, -0.15) is 0 Å². The molecule has 0 aliphatic rings. The average molecular weight is 441 g/mol. The fourth-order valence-corrected chi connectivity index (χ4v) is 4.04. The van der Waals surface area contributed by atoms with E-state index >= 15 is 0 Å². The molecule has 0 aliphatic carbocycles. The van der Waals surface area contributed by atoms with Crippen molar-refractivity contribution in [2.24, 2.45) is 0 Å². The zero-order chi connectivity index (χ0) is 22.1. The Morgan fingerprint density at radius 2 is 1.27 bits per heavy atom. The van der Waals surface area contributed by atoms with Crippen LogP contribution in [-0.4, -0.2) is 15.0 Å². The fourth-order valence-electron chi connectivity index (χ4n) is 2.99. The van der Waals surface area contributed by atoms with E-state index in [4.69, 9.17) is 0 Å². The Kier molecular flexibility index (Phi) is 6.23. The minimum Gasteiger partial charge on any atom is -0.210 e. The number of halogens is 5. The van der Waals surface area contributed by atoms with Crippen LogP contribution >= 0.6 is 0 Å². The van der Waals surface area contributed by atoms with Crippen molar-refractivity contribution < 1.29 is 30.4 Å². The molecule has 0 amide bonds. The predicted octanol–water partition coefficient (Wildman–Crippen LogP) is 4.80. The van der Waals surface area contributed by atoms with Crippen LogP contribution in [0, 0.1) is 36.0 Å². The SMILES string of the molecule is Cc1ccc(S(=O)(=O)NC[C@@H](c2ccccc2)c2c(F)c(F)c(F)c(F)c2F)cc1. The molecule has 1 atom stereocenters. The number of aryl methyl sites for hydroxylation is 1. The number of hydrogen-bond donors (Lipinski definition) is 1. The van der Waals surface area contributed by atoms with Crippen LogP contribution in [0.3, 0.4) is 0 Å². The third kappa shape index (κ3) is 4.22. The molecule has 0 saturated carbocycles. The van der Waals surface area contributed by atoms with E-state index in [-0.39, 0.29) is 10.5 Å². The second-order valence-electron chi connectivity index (χ2n) is 6.61. The number of sulfonamides is 1. The Morgan fingerprint density at radius 3 is 1.80 bits per heavy atom. The molecule has 9 heteroatoms. The largest absolute Gasteiger partial charge is 0.240 e. The number of benzene rings is 3. The zero-order valence-corrected chi connectivity index (χ0v) is 16.4. The molecule has 0 aliphatic heterocycles. The fraction of sp³-hybridized carbons (Fsp3) is 0.143. The van der Waals surface area contributed by atoms with E-state index in [2.05, 4.69) is 4.72 Å². The minimum absolute atomic E-state index is 0.0997. The van der Waals surface area contributed by atoms with Gasteiger partial charge >= 0.3 is 0 Å². The Morgan fingerprint density at radius 1 is 0.767 bits per heavy atom. The van der Waals surface area contributed by atoms with E-state index in [1.165, 1.54) is 36.4 Å². The molecule has 3 aromatic carbocycles. The van der Waals surface area contributed by atoms with Crippen LogP contribution in [0.4, 0.5) is 22.0 Å². The highest BCUT2D eigenvalue weighted by atomic mass is 32.2. The van der Waals surface area contributed by atoms with Crippen LogP contribution < -0.4 is 4.72 Å². The van der Waals surface area contributed by atoms with E-state index in [1.807, 2.05) is 0 Å². The molecule has 0 radical (unpaired) electrons. The molecular formula is C21H16F5NO2S. The minimum atomic E-state index is -4.10. The van der Waals surface area contributed by atoms with Gasteiger partial charge in [0.1, 0.15) is 0 Å². The maximum absolute atomic E-state index is 14.4. The summed E-state index contributed by atoms with van der Waals surface area (Å²) in [5.74, 6) is -11.9. The highest BCUT2D eigenvalue weighted by molar-refractivity contribution is 7.89. The Labute approximate surface area is 170 Å². The van der Waals surface area contributed by atoms with Gasteiger partial charge in [0.15, 0.2) is 23.3 Å². The van der Waals surface area contributed by atoms with Crippen LogP contribution in [0.15, 0.2) is 59.5 Å². The van der Waals surface area contributed by atoms with Gasteiger partial charge < -0.3 is 0 Å². The first kappa shape index (κ1) is 21.9. The van der Waals surface area contributed by atoms with Crippen molar-refractivity contribution in [3.63, 3.8) is 0 Å². The summed E-state index contributed by atoms with van der Waals surface area (Å²) in [6, 6.07) is 13.2. The summed E-state index contributed by atoms with van der Waals surface area (Å²) in [7, 11) is -4.10. The summed E-state index contributed by atoms with van der Waals surface area (Å²) in [6.45, 7) is 1.14. The molecule has 3 nitrogen and oxygen atoms in total. The normalized spacial score (nSPS) is 12.7. The van der Waals surface area contributed by atoms with Gasteiger partial charge in [-0.25, -0.2) is 35.1 Å². The lowest BCUT2D eigenvalue weighted by Gasteiger charge is -2.21. The Balaban J connectivity index is 2.05. The van der Waals surface area contributed by atoms with E-state index in [1.54, 1.807) is 25.1 Å². The first-order chi connectivity index (χ1) is 14.1. The number of nitrogens with one attached hydrogen (secondary N) is 1. The quantitative estimate of drug-likeness (QED) is 0.339. The lowest BCUT2D eigenvalue weighted by Crippen LogP contribution is -2.30. The van der Waals surface area contributed by atoms with E-state index < -0.39 is 57.1 Å². The van der Waals surface area contributed by atoms with Crippen LogP contribution in [-0.2, 0) is 10.0 Å². The van der Waals surface area contributed by atoms with Gasteiger partial charge in [0, 0.05) is 18.0 Å². The van der Waals surface area contributed by atoms with Crippen molar-refractivity contribution in [1.82, 2.24) is 4.72 Å².